The zero-order chi connectivity index (χ0) is 23.0. The second-order valence-electron chi connectivity index (χ2n) is 8.13. The molecule has 168 valence electrons. The molecular weight excluding hydrogens is 420 g/mol. The van der Waals surface area contributed by atoms with Gasteiger partial charge in [0.15, 0.2) is 17.2 Å². The highest BCUT2D eigenvalue weighted by Crippen LogP contribution is 2.33. The van der Waals surface area contributed by atoms with E-state index in [4.69, 9.17) is 4.74 Å². The summed E-state index contributed by atoms with van der Waals surface area (Å²) in [6, 6.07) is 2.35. The van der Waals surface area contributed by atoms with E-state index in [0.29, 0.717) is 25.3 Å². The second kappa shape index (κ2) is 8.29. The molecule has 1 aliphatic rings. The molecule has 1 fully saturated rings. The normalized spacial score (nSPS) is 19.0. The maximum atomic E-state index is 15.0. The van der Waals surface area contributed by atoms with Crippen molar-refractivity contribution in [2.75, 3.05) is 25.5 Å². The molecule has 1 saturated heterocycles. The van der Waals surface area contributed by atoms with Gasteiger partial charge < -0.3 is 20.5 Å². The first-order chi connectivity index (χ1) is 15.2. The van der Waals surface area contributed by atoms with E-state index in [-0.39, 0.29) is 34.0 Å². The number of nitrogens with zero attached hydrogens (tertiary/aromatic N) is 5. The standard InChI is InChI=1S/C21H23F2N7O2/c1-21(2,31)18-16(32-3)10-30-20(29-18)12(8-26-30)17-14(23)6-11(7-24)19(28-17)27-15-9-25-5-4-13(15)22/h6,8,10,13,15,25,31H,4-5,9H2,1-3H3,(H,27,28). The number of ether oxygens (including phenoxy) is 1. The summed E-state index contributed by atoms with van der Waals surface area (Å²) in [4.78, 5) is 8.77. The van der Waals surface area contributed by atoms with Crippen LogP contribution in [-0.2, 0) is 5.60 Å². The summed E-state index contributed by atoms with van der Waals surface area (Å²) >= 11 is 0. The van der Waals surface area contributed by atoms with Crippen molar-refractivity contribution in [1.29, 1.82) is 5.26 Å². The van der Waals surface area contributed by atoms with Gasteiger partial charge in [0, 0.05) is 6.54 Å². The molecule has 0 bridgehead atoms. The van der Waals surface area contributed by atoms with Crippen LogP contribution in [0.4, 0.5) is 14.6 Å². The zero-order valence-corrected chi connectivity index (χ0v) is 17.9. The topological polar surface area (TPSA) is 120 Å². The Bertz CT molecular complexity index is 1200. The van der Waals surface area contributed by atoms with Crippen molar-refractivity contribution in [2.24, 2.45) is 0 Å². The Morgan fingerprint density at radius 2 is 2.19 bits per heavy atom. The monoisotopic (exact) mass is 443 g/mol. The van der Waals surface area contributed by atoms with E-state index < -0.39 is 23.6 Å². The molecule has 0 spiro atoms. The van der Waals surface area contributed by atoms with Crippen LogP contribution >= 0.6 is 0 Å². The molecule has 1 aliphatic heterocycles. The summed E-state index contributed by atoms with van der Waals surface area (Å²) in [7, 11) is 1.44. The fourth-order valence-corrected chi connectivity index (χ4v) is 3.67. The molecule has 0 aromatic carbocycles. The molecule has 2 unspecified atom stereocenters. The van der Waals surface area contributed by atoms with Crippen LogP contribution in [0.2, 0.25) is 0 Å². The first kappa shape index (κ1) is 21.9. The van der Waals surface area contributed by atoms with Crippen LogP contribution in [-0.4, -0.2) is 57.1 Å². The second-order valence-corrected chi connectivity index (χ2v) is 8.13. The molecule has 0 amide bonds. The van der Waals surface area contributed by atoms with Gasteiger partial charge in [0.25, 0.3) is 0 Å². The van der Waals surface area contributed by atoms with E-state index in [1.807, 2.05) is 6.07 Å². The molecular formula is C21H23F2N7O2. The van der Waals surface area contributed by atoms with Crippen LogP contribution in [0.15, 0.2) is 18.5 Å². The van der Waals surface area contributed by atoms with Crippen molar-refractivity contribution in [3.8, 4) is 23.1 Å². The van der Waals surface area contributed by atoms with Crippen LogP contribution in [0.3, 0.4) is 0 Å². The quantitative estimate of drug-likeness (QED) is 0.549. The zero-order valence-electron chi connectivity index (χ0n) is 17.9. The van der Waals surface area contributed by atoms with Crippen molar-refractivity contribution in [1.82, 2.24) is 24.9 Å². The van der Waals surface area contributed by atoms with Crippen molar-refractivity contribution < 1.29 is 18.6 Å². The van der Waals surface area contributed by atoms with Crippen molar-refractivity contribution >= 4 is 11.5 Å². The minimum absolute atomic E-state index is 0.0349. The Kier molecular flexibility index (Phi) is 5.66. The van der Waals surface area contributed by atoms with Crippen molar-refractivity contribution in [2.45, 2.75) is 38.1 Å². The number of alkyl halides is 1. The van der Waals surface area contributed by atoms with Gasteiger partial charge in [0.05, 0.1) is 36.7 Å². The van der Waals surface area contributed by atoms with Gasteiger partial charge >= 0.3 is 0 Å². The first-order valence-corrected chi connectivity index (χ1v) is 10.1. The number of aliphatic hydroxyl groups is 1. The van der Waals surface area contributed by atoms with Gasteiger partial charge in [-0.15, -0.1) is 0 Å². The third-order valence-electron chi connectivity index (χ3n) is 5.33. The maximum Gasteiger partial charge on any atom is 0.165 e. The Labute approximate surface area is 183 Å². The summed E-state index contributed by atoms with van der Waals surface area (Å²) in [5.74, 6) is -0.354. The number of hydrogen-bond donors (Lipinski definition) is 3. The minimum Gasteiger partial charge on any atom is -0.493 e. The van der Waals surface area contributed by atoms with Gasteiger partial charge in [0.2, 0.25) is 0 Å². The van der Waals surface area contributed by atoms with E-state index in [0.717, 1.165) is 6.07 Å². The number of halogens is 2. The van der Waals surface area contributed by atoms with Crippen LogP contribution in [0.25, 0.3) is 16.9 Å². The average molecular weight is 443 g/mol. The highest BCUT2D eigenvalue weighted by atomic mass is 19.1. The molecule has 32 heavy (non-hydrogen) atoms. The van der Waals surface area contributed by atoms with Crippen LogP contribution in [0.5, 0.6) is 5.75 Å². The van der Waals surface area contributed by atoms with Crippen LogP contribution in [0.1, 0.15) is 31.5 Å². The lowest BCUT2D eigenvalue weighted by atomic mass is 10.0. The fraction of sp³-hybridized carbons (Fsp3) is 0.429. The third-order valence-corrected chi connectivity index (χ3v) is 5.33. The number of hydrogen-bond acceptors (Lipinski definition) is 8. The van der Waals surface area contributed by atoms with E-state index in [1.165, 1.54) is 24.0 Å². The Balaban J connectivity index is 1.83. The molecule has 11 heteroatoms. The predicted octanol–water partition coefficient (Wildman–Crippen LogP) is 2.15. The van der Waals surface area contributed by atoms with E-state index >= 15 is 0 Å². The molecule has 9 nitrogen and oxygen atoms in total. The fourth-order valence-electron chi connectivity index (χ4n) is 3.67. The lowest BCUT2D eigenvalue weighted by Crippen LogP contribution is -2.46. The van der Waals surface area contributed by atoms with Gasteiger partial charge in [-0.3, -0.25) is 0 Å². The molecule has 3 N–H and O–H groups in total. The summed E-state index contributed by atoms with van der Waals surface area (Å²) < 4.78 is 36.0. The first-order valence-electron chi connectivity index (χ1n) is 10.1. The molecule has 4 rings (SSSR count). The number of nitrogens with one attached hydrogen (secondary N) is 2. The van der Waals surface area contributed by atoms with Crippen LogP contribution < -0.4 is 15.4 Å². The SMILES string of the molecule is COc1cn2ncc(-c3nc(NC4CNCCC4F)c(C#N)cc3F)c2nc1C(C)(C)O. The number of anilines is 1. The number of methoxy groups -OCH3 is 1. The lowest BCUT2D eigenvalue weighted by molar-refractivity contribution is 0.0707. The van der Waals surface area contributed by atoms with Gasteiger partial charge in [0.1, 0.15) is 35.0 Å². The molecule has 0 aliphatic carbocycles. The molecule has 0 radical (unpaired) electrons. The number of rotatable bonds is 5. The van der Waals surface area contributed by atoms with Crippen molar-refractivity contribution in [3.05, 3.63) is 35.5 Å². The van der Waals surface area contributed by atoms with E-state index in [1.54, 1.807) is 13.8 Å². The number of fused-ring (bicyclic) bond motifs is 1. The Hall–Kier alpha value is -3.36. The lowest BCUT2D eigenvalue weighted by Gasteiger charge is -2.28. The van der Waals surface area contributed by atoms with Gasteiger partial charge in [-0.2, -0.15) is 10.4 Å². The largest absolute Gasteiger partial charge is 0.493 e. The predicted molar refractivity (Wildman–Crippen MR) is 112 cm³/mol. The number of aromatic nitrogens is 4. The van der Waals surface area contributed by atoms with Gasteiger partial charge in [-0.25, -0.2) is 23.3 Å². The summed E-state index contributed by atoms with van der Waals surface area (Å²) in [6.45, 7) is 4.03. The molecule has 3 aromatic heterocycles. The van der Waals surface area contributed by atoms with E-state index in [2.05, 4.69) is 25.7 Å². The maximum absolute atomic E-state index is 15.0. The summed E-state index contributed by atoms with van der Waals surface area (Å²) in [6.07, 6.45) is 2.12. The summed E-state index contributed by atoms with van der Waals surface area (Å²) in [5, 5.41) is 30.1. The molecule has 4 heterocycles. The van der Waals surface area contributed by atoms with Crippen molar-refractivity contribution in [3.63, 3.8) is 0 Å². The molecule has 2 atom stereocenters. The number of pyridine rings is 1. The third kappa shape index (κ3) is 3.94. The minimum atomic E-state index is -1.33. The molecule has 3 aromatic rings. The van der Waals surface area contributed by atoms with Gasteiger partial charge in [-0.05, 0) is 32.9 Å². The number of piperidine rings is 1. The summed E-state index contributed by atoms with van der Waals surface area (Å²) in [5.41, 5.74) is -0.723. The highest BCUT2D eigenvalue weighted by Gasteiger charge is 2.28. The Morgan fingerprint density at radius 3 is 2.84 bits per heavy atom. The van der Waals surface area contributed by atoms with Crippen LogP contribution in [0, 0.1) is 17.1 Å². The Morgan fingerprint density at radius 1 is 1.41 bits per heavy atom. The van der Waals surface area contributed by atoms with Gasteiger partial charge in [-0.1, -0.05) is 0 Å². The molecule has 0 saturated carbocycles. The highest BCUT2D eigenvalue weighted by molar-refractivity contribution is 5.77. The number of nitriles is 1. The van der Waals surface area contributed by atoms with E-state index in [9.17, 15) is 19.1 Å². The smallest absolute Gasteiger partial charge is 0.165 e. The average Bonchev–Trinajstić information content (AvgIpc) is 3.17.